The minimum absolute atomic E-state index is 0.0547. The number of thiocarbonyl (C=S) groups is 1. The Kier molecular flexibility index (Phi) is 6.09. The van der Waals surface area contributed by atoms with Crippen LogP contribution in [0.3, 0.4) is 0 Å². The molecule has 33 heavy (non-hydrogen) atoms. The van der Waals surface area contributed by atoms with Crippen molar-refractivity contribution in [1.82, 2.24) is 10.2 Å². The zero-order chi connectivity index (χ0) is 22.8. The normalized spacial score (nSPS) is 19.2. The topological polar surface area (TPSA) is 69.3 Å². The Balaban J connectivity index is 1.33. The van der Waals surface area contributed by atoms with Crippen LogP contribution in [0.1, 0.15) is 43.2 Å². The largest absolute Gasteiger partial charge is 0.496 e. The van der Waals surface area contributed by atoms with Crippen LogP contribution in [-0.2, 0) is 11.4 Å². The van der Waals surface area contributed by atoms with E-state index in [1.807, 2.05) is 42.5 Å². The standard InChI is InChI=1S/C25H26N2O5S/c1-29-21-9-7-16(11-17(21)14-30-19-8-10-22-23(13-19)32-15-31-22)12-20-24(28)27(25(33)26-20)18-5-3-2-4-6-18/h7-13,18H,2-6,14-15H2,1H3,(H,26,33)/b20-12+. The number of hydrogen-bond donors (Lipinski definition) is 1. The molecule has 2 fully saturated rings. The van der Waals surface area contributed by atoms with Crippen molar-refractivity contribution < 1.29 is 23.7 Å². The highest BCUT2D eigenvalue weighted by atomic mass is 32.1. The number of carbonyl (C=O) groups excluding carboxylic acids is 1. The molecule has 8 heteroatoms. The Bertz CT molecular complexity index is 1110. The molecular weight excluding hydrogens is 440 g/mol. The van der Waals surface area contributed by atoms with Crippen LogP contribution in [-0.4, -0.2) is 35.9 Å². The first kappa shape index (κ1) is 21.6. The SMILES string of the molecule is COc1ccc(/C=C2/NC(=S)N(C3CCCCC3)C2=O)cc1COc1ccc2c(c1)OCO2. The molecule has 1 amide bonds. The van der Waals surface area contributed by atoms with Gasteiger partial charge in [-0.2, -0.15) is 0 Å². The third-order valence-electron chi connectivity index (χ3n) is 6.20. The van der Waals surface area contributed by atoms with Crippen molar-refractivity contribution in [2.75, 3.05) is 13.9 Å². The Labute approximate surface area is 198 Å². The number of rotatable bonds is 6. The molecule has 7 nitrogen and oxygen atoms in total. The second-order valence-electron chi connectivity index (χ2n) is 8.33. The van der Waals surface area contributed by atoms with Crippen LogP contribution in [0.5, 0.6) is 23.0 Å². The van der Waals surface area contributed by atoms with Crippen LogP contribution in [0.15, 0.2) is 42.1 Å². The third-order valence-corrected chi connectivity index (χ3v) is 6.50. The summed E-state index contributed by atoms with van der Waals surface area (Å²) >= 11 is 5.48. The van der Waals surface area contributed by atoms with Crippen molar-refractivity contribution in [1.29, 1.82) is 0 Å². The fourth-order valence-corrected chi connectivity index (χ4v) is 4.86. The predicted octanol–water partition coefficient (Wildman–Crippen LogP) is 4.39. The van der Waals surface area contributed by atoms with Crippen molar-refractivity contribution in [3.05, 3.63) is 53.2 Å². The average Bonchev–Trinajstić information content (AvgIpc) is 3.41. The molecule has 1 saturated carbocycles. The van der Waals surface area contributed by atoms with Crippen molar-refractivity contribution in [2.45, 2.75) is 44.8 Å². The summed E-state index contributed by atoms with van der Waals surface area (Å²) < 4.78 is 22.2. The maximum Gasteiger partial charge on any atom is 0.276 e. The number of nitrogens with zero attached hydrogens (tertiary/aromatic N) is 1. The maximum atomic E-state index is 13.1. The summed E-state index contributed by atoms with van der Waals surface area (Å²) in [5, 5.41) is 3.61. The molecule has 2 heterocycles. The highest BCUT2D eigenvalue weighted by molar-refractivity contribution is 7.80. The first-order valence-electron chi connectivity index (χ1n) is 11.2. The average molecular weight is 467 g/mol. The van der Waals surface area contributed by atoms with E-state index in [1.54, 1.807) is 12.0 Å². The molecule has 2 aliphatic heterocycles. The number of methoxy groups -OCH3 is 1. The van der Waals surface area contributed by atoms with E-state index in [0.29, 0.717) is 40.4 Å². The number of hydrogen-bond acceptors (Lipinski definition) is 6. The molecule has 0 aromatic heterocycles. The van der Waals surface area contributed by atoms with E-state index in [-0.39, 0.29) is 18.7 Å². The zero-order valence-corrected chi connectivity index (χ0v) is 19.3. The summed E-state index contributed by atoms with van der Waals surface area (Å²) in [6, 6.07) is 11.4. The van der Waals surface area contributed by atoms with E-state index >= 15 is 0 Å². The number of carbonyl (C=O) groups is 1. The fraction of sp³-hybridized carbons (Fsp3) is 0.360. The molecular formula is C25H26N2O5S. The van der Waals surface area contributed by atoms with Crippen molar-refractivity contribution >= 4 is 29.3 Å². The Morgan fingerprint density at radius 1 is 1.12 bits per heavy atom. The highest BCUT2D eigenvalue weighted by Gasteiger charge is 2.36. The van der Waals surface area contributed by atoms with Gasteiger partial charge in [-0.05, 0) is 61.0 Å². The molecule has 0 atom stereocenters. The van der Waals surface area contributed by atoms with Crippen molar-refractivity contribution in [2.24, 2.45) is 0 Å². The van der Waals surface area contributed by atoms with Gasteiger partial charge in [0.1, 0.15) is 23.8 Å². The Morgan fingerprint density at radius 3 is 2.76 bits per heavy atom. The van der Waals surface area contributed by atoms with Gasteiger partial charge in [0.2, 0.25) is 6.79 Å². The Morgan fingerprint density at radius 2 is 1.94 bits per heavy atom. The van der Waals surface area contributed by atoms with Crippen LogP contribution in [0, 0.1) is 0 Å². The first-order valence-corrected chi connectivity index (χ1v) is 11.6. The number of nitrogens with one attached hydrogen (secondary N) is 1. The van der Waals surface area contributed by atoms with E-state index < -0.39 is 0 Å². The van der Waals surface area contributed by atoms with E-state index in [4.69, 9.17) is 31.2 Å². The summed E-state index contributed by atoms with van der Waals surface area (Å²) in [7, 11) is 1.63. The van der Waals surface area contributed by atoms with Crippen LogP contribution < -0.4 is 24.3 Å². The van der Waals surface area contributed by atoms with Crippen molar-refractivity contribution in [3.8, 4) is 23.0 Å². The lowest BCUT2D eigenvalue weighted by Crippen LogP contribution is -2.41. The predicted molar refractivity (Wildman–Crippen MR) is 127 cm³/mol. The smallest absolute Gasteiger partial charge is 0.276 e. The van der Waals surface area contributed by atoms with E-state index in [0.717, 1.165) is 36.8 Å². The molecule has 2 aromatic carbocycles. The van der Waals surface area contributed by atoms with Gasteiger partial charge in [0.15, 0.2) is 16.6 Å². The summed E-state index contributed by atoms with van der Waals surface area (Å²) in [5.41, 5.74) is 2.23. The van der Waals surface area contributed by atoms with Gasteiger partial charge in [-0.15, -0.1) is 0 Å². The highest BCUT2D eigenvalue weighted by Crippen LogP contribution is 2.35. The number of fused-ring (bicyclic) bond motifs is 1. The number of ether oxygens (including phenoxy) is 4. The summed E-state index contributed by atoms with van der Waals surface area (Å²) in [6.45, 7) is 0.519. The molecule has 172 valence electrons. The van der Waals surface area contributed by atoms with Crippen molar-refractivity contribution in [3.63, 3.8) is 0 Å². The number of benzene rings is 2. The zero-order valence-electron chi connectivity index (χ0n) is 18.5. The Hall–Kier alpha value is -3.26. The molecule has 0 spiro atoms. The third kappa shape index (κ3) is 4.48. The lowest BCUT2D eigenvalue weighted by atomic mass is 9.94. The lowest BCUT2D eigenvalue weighted by Gasteiger charge is -2.29. The van der Waals surface area contributed by atoms with Gasteiger partial charge in [0.25, 0.3) is 5.91 Å². The minimum Gasteiger partial charge on any atom is -0.496 e. The maximum absolute atomic E-state index is 13.1. The van der Waals surface area contributed by atoms with Gasteiger partial charge in [-0.1, -0.05) is 25.3 Å². The molecule has 0 bridgehead atoms. The molecule has 1 saturated heterocycles. The molecule has 0 unspecified atom stereocenters. The second kappa shape index (κ2) is 9.31. The summed E-state index contributed by atoms with van der Waals surface area (Å²) in [5.74, 6) is 2.71. The van der Waals surface area contributed by atoms with E-state index in [9.17, 15) is 4.79 Å². The van der Waals surface area contributed by atoms with Gasteiger partial charge in [0, 0.05) is 17.7 Å². The molecule has 1 aliphatic carbocycles. The van der Waals surface area contributed by atoms with Crippen LogP contribution in [0.25, 0.3) is 6.08 Å². The lowest BCUT2D eigenvalue weighted by molar-refractivity contribution is -0.124. The van der Waals surface area contributed by atoms with Crippen LogP contribution >= 0.6 is 12.2 Å². The molecule has 3 aliphatic rings. The molecule has 1 N–H and O–H groups in total. The van der Waals surface area contributed by atoms with E-state index in [1.165, 1.54) is 6.42 Å². The van der Waals surface area contributed by atoms with E-state index in [2.05, 4.69) is 5.32 Å². The monoisotopic (exact) mass is 466 g/mol. The van der Waals surface area contributed by atoms with Gasteiger partial charge in [-0.3, -0.25) is 9.69 Å². The summed E-state index contributed by atoms with van der Waals surface area (Å²) in [4.78, 5) is 14.8. The van der Waals surface area contributed by atoms with Crippen LogP contribution in [0.2, 0.25) is 0 Å². The molecule has 0 radical (unpaired) electrons. The molecule has 2 aromatic rings. The van der Waals surface area contributed by atoms with Gasteiger partial charge >= 0.3 is 0 Å². The summed E-state index contributed by atoms with van der Waals surface area (Å²) in [6.07, 6.45) is 7.35. The van der Waals surface area contributed by atoms with Gasteiger partial charge < -0.3 is 24.3 Å². The first-order chi connectivity index (χ1) is 16.1. The van der Waals surface area contributed by atoms with Crippen LogP contribution in [0.4, 0.5) is 0 Å². The second-order valence-corrected chi connectivity index (χ2v) is 8.72. The minimum atomic E-state index is -0.0547. The molecule has 5 rings (SSSR count). The fourth-order valence-electron chi connectivity index (χ4n) is 4.52. The van der Waals surface area contributed by atoms with Gasteiger partial charge in [-0.25, -0.2) is 0 Å². The van der Waals surface area contributed by atoms with Gasteiger partial charge in [0.05, 0.1) is 7.11 Å². The quantitative estimate of drug-likeness (QED) is 0.500. The number of amides is 1.